The first-order chi connectivity index (χ1) is 10.5. The first-order valence-electron chi connectivity index (χ1n) is 7.04. The number of hydrogen-bond acceptors (Lipinski definition) is 3. The molecule has 114 valence electrons. The molecule has 0 fully saturated rings. The van der Waals surface area contributed by atoms with E-state index in [0.717, 1.165) is 22.5 Å². The number of hydrogen-bond donors (Lipinski definition) is 2. The first kappa shape index (κ1) is 15.7. The number of amides is 2. The molecule has 0 bridgehead atoms. The molecule has 0 radical (unpaired) electrons. The van der Waals surface area contributed by atoms with Gasteiger partial charge in [-0.05, 0) is 50.1 Å². The maximum atomic E-state index is 11.9. The van der Waals surface area contributed by atoms with Crippen molar-refractivity contribution in [2.45, 2.75) is 20.8 Å². The van der Waals surface area contributed by atoms with Gasteiger partial charge in [-0.3, -0.25) is 14.6 Å². The Labute approximate surface area is 129 Å². The van der Waals surface area contributed by atoms with Gasteiger partial charge in [-0.1, -0.05) is 12.1 Å². The summed E-state index contributed by atoms with van der Waals surface area (Å²) in [6.07, 6.45) is 1.49. The average Bonchev–Trinajstić information content (AvgIpc) is 2.50. The van der Waals surface area contributed by atoms with Crippen LogP contribution in [0.25, 0.3) is 0 Å². The van der Waals surface area contributed by atoms with E-state index in [-0.39, 0.29) is 18.4 Å². The van der Waals surface area contributed by atoms with E-state index in [9.17, 15) is 9.59 Å². The van der Waals surface area contributed by atoms with Gasteiger partial charge in [-0.2, -0.15) is 0 Å². The lowest BCUT2D eigenvalue weighted by molar-refractivity contribution is -0.115. The highest BCUT2D eigenvalue weighted by molar-refractivity contribution is 5.99. The minimum atomic E-state index is -0.316. The van der Waals surface area contributed by atoms with Gasteiger partial charge in [0.15, 0.2) is 0 Å². The maximum absolute atomic E-state index is 11.9. The fraction of sp³-hybridized carbons (Fsp3) is 0.235. The molecular formula is C17H19N3O2. The van der Waals surface area contributed by atoms with Gasteiger partial charge in [0, 0.05) is 17.6 Å². The Kier molecular flexibility index (Phi) is 4.88. The fourth-order valence-corrected chi connectivity index (χ4v) is 1.95. The zero-order chi connectivity index (χ0) is 16.1. The molecule has 0 aliphatic carbocycles. The molecule has 1 aromatic carbocycles. The van der Waals surface area contributed by atoms with Crippen LogP contribution in [0.15, 0.2) is 36.5 Å². The Morgan fingerprint density at radius 3 is 2.55 bits per heavy atom. The number of benzene rings is 1. The van der Waals surface area contributed by atoms with Crippen LogP contribution in [0.5, 0.6) is 0 Å². The van der Waals surface area contributed by atoms with Gasteiger partial charge < -0.3 is 10.6 Å². The first-order valence-corrected chi connectivity index (χ1v) is 7.04. The van der Waals surface area contributed by atoms with E-state index >= 15 is 0 Å². The predicted molar refractivity (Wildman–Crippen MR) is 85.9 cm³/mol. The Bertz CT molecular complexity index is 694. The molecule has 1 heterocycles. The van der Waals surface area contributed by atoms with Crippen molar-refractivity contribution in [3.05, 3.63) is 58.9 Å². The van der Waals surface area contributed by atoms with Crippen LogP contribution < -0.4 is 10.6 Å². The third kappa shape index (κ3) is 3.91. The Morgan fingerprint density at radius 1 is 1.09 bits per heavy atom. The van der Waals surface area contributed by atoms with Gasteiger partial charge in [-0.15, -0.1) is 0 Å². The molecule has 0 aliphatic rings. The highest BCUT2D eigenvalue weighted by Crippen LogP contribution is 2.17. The summed E-state index contributed by atoms with van der Waals surface area (Å²) < 4.78 is 0. The van der Waals surface area contributed by atoms with Gasteiger partial charge in [0.25, 0.3) is 5.91 Å². The van der Waals surface area contributed by atoms with Crippen molar-refractivity contribution in [1.82, 2.24) is 10.3 Å². The standard InChI is InChI=1S/C17H19N3O2/c1-11-5-4-6-15(13(11)3)20-16(21)10-19-17(22)14-8-7-12(2)18-9-14/h4-9H,10H2,1-3H3,(H,19,22)(H,20,21). The van der Waals surface area contributed by atoms with Crippen LogP contribution in [0.2, 0.25) is 0 Å². The van der Waals surface area contributed by atoms with E-state index in [0.29, 0.717) is 5.56 Å². The molecule has 0 aliphatic heterocycles. The summed E-state index contributed by atoms with van der Waals surface area (Å²) in [6, 6.07) is 9.14. The van der Waals surface area contributed by atoms with E-state index in [2.05, 4.69) is 15.6 Å². The van der Waals surface area contributed by atoms with Crippen LogP contribution in [0.3, 0.4) is 0 Å². The SMILES string of the molecule is Cc1ccc(C(=O)NCC(=O)Nc2cccc(C)c2C)cn1. The Hall–Kier alpha value is -2.69. The summed E-state index contributed by atoms with van der Waals surface area (Å²) in [5, 5.41) is 5.38. The van der Waals surface area contributed by atoms with Crippen molar-refractivity contribution in [3.63, 3.8) is 0 Å². The molecule has 0 spiro atoms. The highest BCUT2D eigenvalue weighted by atomic mass is 16.2. The number of nitrogens with zero attached hydrogens (tertiary/aromatic N) is 1. The zero-order valence-corrected chi connectivity index (χ0v) is 12.9. The van der Waals surface area contributed by atoms with Gasteiger partial charge in [0.05, 0.1) is 12.1 Å². The predicted octanol–water partition coefficient (Wildman–Crippen LogP) is 2.38. The maximum Gasteiger partial charge on any atom is 0.253 e. The lowest BCUT2D eigenvalue weighted by Gasteiger charge is -2.11. The second-order valence-electron chi connectivity index (χ2n) is 5.17. The Morgan fingerprint density at radius 2 is 1.86 bits per heavy atom. The molecule has 0 saturated heterocycles. The molecule has 2 N–H and O–H groups in total. The summed E-state index contributed by atoms with van der Waals surface area (Å²) >= 11 is 0. The van der Waals surface area contributed by atoms with E-state index in [1.54, 1.807) is 12.1 Å². The number of carbonyl (C=O) groups is 2. The number of carbonyl (C=O) groups excluding carboxylic acids is 2. The molecule has 0 atom stereocenters. The minimum Gasteiger partial charge on any atom is -0.343 e. The monoisotopic (exact) mass is 297 g/mol. The molecule has 2 amide bonds. The van der Waals surface area contributed by atoms with Gasteiger partial charge in [0.2, 0.25) is 5.91 Å². The molecule has 22 heavy (non-hydrogen) atoms. The molecule has 2 rings (SSSR count). The Balaban J connectivity index is 1.91. The van der Waals surface area contributed by atoms with Crippen LogP contribution in [0.1, 0.15) is 27.2 Å². The van der Waals surface area contributed by atoms with Crippen molar-refractivity contribution in [3.8, 4) is 0 Å². The third-order valence-electron chi connectivity index (χ3n) is 3.46. The molecule has 0 saturated carbocycles. The molecular weight excluding hydrogens is 278 g/mol. The number of anilines is 1. The summed E-state index contributed by atoms with van der Waals surface area (Å²) in [5.41, 5.74) is 4.16. The summed E-state index contributed by atoms with van der Waals surface area (Å²) in [5.74, 6) is -0.578. The van der Waals surface area contributed by atoms with E-state index in [4.69, 9.17) is 0 Å². The smallest absolute Gasteiger partial charge is 0.253 e. The lowest BCUT2D eigenvalue weighted by Crippen LogP contribution is -2.33. The molecule has 2 aromatic rings. The van der Waals surface area contributed by atoms with Crippen molar-refractivity contribution in [1.29, 1.82) is 0 Å². The second-order valence-corrected chi connectivity index (χ2v) is 5.17. The number of aryl methyl sites for hydroxylation is 2. The highest BCUT2D eigenvalue weighted by Gasteiger charge is 2.09. The molecule has 5 nitrogen and oxygen atoms in total. The number of rotatable bonds is 4. The van der Waals surface area contributed by atoms with Crippen LogP contribution >= 0.6 is 0 Å². The van der Waals surface area contributed by atoms with Gasteiger partial charge in [0.1, 0.15) is 0 Å². The van der Waals surface area contributed by atoms with Gasteiger partial charge in [-0.25, -0.2) is 0 Å². The normalized spacial score (nSPS) is 10.1. The van der Waals surface area contributed by atoms with Crippen molar-refractivity contribution >= 4 is 17.5 Å². The molecule has 1 aromatic heterocycles. The molecule has 0 unspecified atom stereocenters. The number of pyridine rings is 1. The van der Waals surface area contributed by atoms with Crippen LogP contribution in [-0.4, -0.2) is 23.3 Å². The second kappa shape index (κ2) is 6.85. The summed E-state index contributed by atoms with van der Waals surface area (Å²) in [4.78, 5) is 27.9. The largest absolute Gasteiger partial charge is 0.343 e. The fourth-order valence-electron chi connectivity index (χ4n) is 1.95. The molecule has 5 heteroatoms. The van der Waals surface area contributed by atoms with E-state index in [1.807, 2.05) is 39.0 Å². The van der Waals surface area contributed by atoms with Crippen molar-refractivity contribution < 1.29 is 9.59 Å². The third-order valence-corrected chi connectivity index (χ3v) is 3.46. The van der Waals surface area contributed by atoms with Crippen molar-refractivity contribution in [2.24, 2.45) is 0 Å². The van der Waals surface area contributed by atoms with E-state index < -0.39 is 0 Å². The van der Waals surface area contributed by atoms with E-state index in [1.165, 1.54) is 6.20 Å². The average molecular weight is 297 g/mol. The van der Waals surface area contributed by atoms with Crippen LogP contribution in [0, 0.1) is 20.8 Å². The lowest BCUT2D eigenvalue weighted by atomic mass is 10.1. The topological polar surface area (TPSA) is 71.1 Å². The van der Waals surface area contributed by atoms with Crippen molar-refractivity contribution in [2.75, 3.05) is 11.9 Å². The van der Waals surface area contributed by atoms with Crippen LogP contribution in [-0.2, 0) is 4.79 Å². The number of nitrogens with one attached hydrogen (secondary N) is 2. The number of aromatic nitrogens is 1. The van der Waals surface area contributed by atoms with Crippen LogP contribution in [0.4, 0.5) is 5.69 Å². The minimum absolute atomic E-state index is 0.0832. The summed E-state index contributed by atoms with van der Waals surface area (Å²) in [7, 11) is 0. The zero-order valence-electron chi connectivity index (χ0n) is 12.9. The quantitative estimate of drug-likeness (QED) is 0.910. The summed E-state index contributed by atoms with van der Waals surface area (Å²) in [6.45, 7) is 5.69. The van der Waals surface area contributed by atoms with Gasteiger partial charge >= 0.3 is 0 Å².